The summed E-state index contributed by atoms with van der Waals surface area (Å²) in [5.41, 5.74) is 0.302. The van der Waals surface area contributed by atoms with Crippen molar-refractivity contribution < 1.29 is 14.4 Å². The van der Waals surface area contributed by atoms with E-state index < -0.39 is 22.9 Å². The fraction of sp³-hybridized carbons (Fsp3) is 0.348. The van der Waals surface area contributed by atoms with Crippen LogP contribution in [-0.4, -0.2) is 17.8 Å². The number of hydrogen-bond donors (Lipinski definition) is 3. The largest absolute Gasteiger partial charge is 0.325 e. The Balaban J connectivity index is 1.64. The zero-order chi connectivity index (χ0) is 21.4. The van der Waals surface area contributed by atoms with Gasteiger partial charge in [-0.1, -0.05) is 55.1 Å². The second-order valence-corrected chi connectivity index (χ2v) is 8.66. The highest BCUT2D eigenvalue weighted by Gasteiger charge is 2.44. The molecule has 2 aromatic rings. The van der Waals surface area contributed by atoms with Gasteiger partial charge in [-0.2, -0.15) is 0 Å². The van der Waals surface area contributed by atoms with Gasteiger partial charge < -0.3 is 10.6 Å². The van der Waals surface area contributed by atoms with E-state index >= 15 is 0 Å². The first-order chi connectivity index (χ1) is 14.3. The van der Waals surface area contributed by atoms with Crippen molar-refractivity contribution in [3.8, 4) is 0 Å². The molecule has 2 fully saturated rings. The summed E-state index contributed by atoms with van der Waals surface area (Å²) in [6.45, 7) is 1.64. The van der Waals surface area contributed by atoms with Gasteiger partial charge in [0.1, 0.15) is 5.54 Å². The molecular formula is C23H24ClN3O3. The van der Waals surface area contributed by atoms with Gasteiger partial charge in [-0.3, -0.25) is 14.9 Å². The smallest absolute Gasteiger partial charge is 0.322 e. The number of imide groups is 1. The lowest BCUT2D eigenvalue weighted by Crippen LogP contribution is -2.42. The first kappa shape index (κ1) is 20.4. The summed E-state index contributed by atoms with van der Waals surface area (Å²) in [5, 5.41) is 8.58. The Morgan fingerprint density at radius 1 is 1.00 bits per heavy atom. The molecule has 1 saturated heterocycles. The van der Waals surface area contributed by atoms with Crippen LogP contribution in [0, 0.1) is 0 Å². The highest BCUT2D eigenvalue weighted by molar-refractivity contribution is 6.30. The molecule has 4 rings (SSSR count). The maximum atomic E-state index is 13.5. The van der Waals surface area contributed by atoms with Gasteiger partial charge in [0.25, 0.3) is 5.91 Å². The summed E-state index contributed by atoms with van der Waals surface area (Å²) in [7, 11) is 0. The zero-order valence-corrected chi connectivity index (χ0v) is 17.5. The monoisotopic (exact) mass is 425 g/mol. The van der Waals surface area contributed by atoms with Gasteiger partial charge >= 0.3 is 6.03 Å². The number of carbonyl (C=O) groups excluding carboxylic acids is 3. The predicted molar refractivity (Wildman–Crippen MR) is 115 cm³/mol. The molecule has 6 nitrogen and oxygen atoms in total. The van der Waals surface area contributed by atoms with E-state index in [0.717, 1.165) is 37.7 Å². The summed E-state index contributed by atoms with van der Waals surface area (Å²) in [6, 6.07) is 14.0. The maximum Gasteiger partial charge on any atom is 0.322 e. The molecule has 1 atom stereocenters. The van der Waals surface area contributed by atoms with Gasteiger partial charge in [0, 0.05) is 10.7 Å². The predicted octanol–water partition coefficient (Wildman–Crippen LogP) is 4.24. The summed E-state index contributed by atoms with van der Waals surface area (Å²) < 4.78 is 0. The van der Waals surface area contributed by atoms with Gasteiger partial charge in [0.05, 0.1) is 5.41 Å². The van der Waals surface area contributed by atoms with Crippen LogP contribution in [0.5, 0.6) is 0 Å². The molecule has 0 bridgehead atoms. The number of anilines is 1. The average molecular weight is 426 g/mol. The molecular weight excluding hydrogens is 402 g/mol. The van der Waals surface area contributed by atoms with Crippen molar-refractivity contribution in [2.24, 2.45) is 0 Å². The fourth-order valence-electron chi connectivity index (χ4n) is 4.49. The average Bonchev–Trinajstić information content (AvgIpc) is 3.01. The normalized spacial score (nSPS) is 22.9. The summed E-state index contributed by atoms with van der Waals surface area (Å²) in [5.74, 6) is -0.495. The van der Waals surface area contributed by atoms with Gasteiger partial charge in [0.15, 0.2) is 0 Å². The molecule has 1 heterocycles. The Bertz CT molecular complexity index is 1020. The summed E-state index contributed by atoms with van der Waals surface area (Å²) >= 11 is 6.22. The van der Waals surface area contributed by atoms with Crippen molar-refractivity contribution in [1.82, 2.24) is 10.6 Å². The molecule has 0 aromatic heterocycles. The highest BCUT2D eigenvalue weighted by Crippen LogP contribution is 2.41. The minimum Gasteiger partial charge on any atom is -0.325 e. The molecule has 30 heavy (non-hydrogen) atoms. The van der Waals surface area contributed by atoms with E-state index in [0.29, 0.717) is 16.3 Å². The Morgan fingerprint density at radius 2 is 1.70 bits per heavy atom. The first-order valence-electron chi connectivity index (χ1n) is 10.2. The Hall–Kier alpha value is -2.86. The van der Waals surface area contributed by atoms with E-state index in [4.69, 9.17) is 11.6 Å². The number of halogens is 1. The van der Waals surface area contributed by atoms with Crippen LogP contribution < -0.4 is 16.0 Å². The third kappa shape index (κ3) is 3.56. The van der Waals surface area contributed by atoms with Crippen molar-refractivity contribution in [3.63, 3.8) is 0 Å². The van der Waals surface area contributed by atoms with Crippen molar-refractivity contribution in [3.05, 3.63) is 64.7 Å². The van der Waals surface area contributed by atoms with Crippen molar-refractivity contribution in [1.29, 1.82) is 0 Å². The zero-order valence-electron chi connectivity index (χ0n) is 16.8. The van der Waals surface area contributed by atoms with Crippen molar-refractivity contribution in [2.45, 2.75) is 50.0 Å². The minimum atomic E-state index is -1.17. The molecule has 0 radical (unpaired) electrons. The van der Waals surface area contributed by atoms with Crippen LogP contribution in [-0.2, 0) is 20.5 Å². The summed E-state index contributed by atoms with van der Waals surface area (Å²) in [4.78, 5) is 37.4. The maximum absolute atomic E-state index is 13.5. The number of benzene rings is 2. The lowest BCUT2D eigenvalue weighted by Gasteiger charge is -2.36. The van der Waals surface area contributed by atoms with Gasteiger partial charge in [-0.25, -0.2) is 4.79 Å². The number of hydrogen-bond acceptors (Lipinski definition) is 3. The molecule has 4 amide bonds. The highest BCUT2D eigenvalue weighted by atomic mass is 35.5. The van der Waals surface area contributed by atoms with Gasteiger partial charge in [-0.15, -0.1) is 0 Å². The van der Waals surface area contributed by atoms with Crippen LogP contribution in [0.4, 0.5) is 10.5 Å². The van der Waals surface area contributed by atoms with E-state index in [-0.39, 0.29) is 5.91 Å². The second kappa shape index (κ2) is 7.76. The van der Waals surface area contributed by atoms with E-state index in [9.17, 15) is 14.4 Å². The molecule has 1 aliphatic heterocycles. The molecule has 1 saturated carbocycles. The lowest BCUT2D eigenvalue weighted by molar-refractivity contribution is -0.124. The van der Waals surface area contributed by atoms with Crippen LogP contribution >= 0.6 is 11.6 Å². The van der Waals surface area contributed by atoms with E-state index in [2.05, 4.69) is 16.0 Å². The first-order valence-corrected chi connectivity index (χ1v) is 10.5. The van der Waals surface area contributed by atoms with Crippen molar-refractivity contribution >= 4 is 35.1 Å². The number of carbonyl (C=O) groups is 3. The molecule has 3 N–H and O–H groups in total. The number of amides is 4. The fourth-order valence-corrected chi connectivity index (χ4v) is 4.68. The van der Waals surface area contributed by atoms with Crippen LogP contribution in [0.25, 0.3) is 0 Å². The quantitative estimate of drug-likeness (QED) is 0.640. The number of urea groups is 1. The Kier molecular flexibility index (Phi) is 5.28. The van der Waals surface area contributed by atoms with Crippen molar-refractivity contribution in [2.75, 3.05) is 5.32 Å². The molecule has 7 heteroatoms. The van der Waals surface area contributed by atoms with E-state index in [1.54, 1.807) is 31.2 Å². The van der Waals surface area contributed by atoms with E-state index in [1.165, 1.54) is 0 Å². The number of rotatable bonds is 4. The van der Waals surface area contributed by atoms with Gasteiger partial charge in [-0.05, 0) is 55.2 Å². The standard InChI is InChI=1S/C23H24ClN3O3/c1-22(19(28)26-21(30)27-22)15-7-6-10-18(14-15)25-20(29)23(11-3-2-4-12-23)16-8-5-9-17(24)13-16/h5-10,13-14H,2-4,11-12H2,1H3,(H,25,29)(H2,26,27,28,30). The SMILES string of the molecule is CC1(c2cccc(NC(=O)C3(c4cccc(Cl)c4)CCCCC3)c2)NC(=O)NC1=O. The van der Waals surface area contributed by atoms with Crippen LogP contribution in [0.1, 0.15) is 50.2 Å². The second-order valence-electron chi connectivity index (χ2n) is 8.22. The molecule has 1 unspecified atom stereocenters. The van der Waals surface area contributed by atoms with Crippen LogP contribution in [0.15, 0.2) is 48.5 Å². The molecule has 2 aliphatic rings. The topological polar surface area (TPSA) is 87.3 Å². The summed E-state index contributed by atoms with van der Waals surface area (Å²) in [6.07, 6.45) is 4.58. The lowest BCUT2D eigenvalue weighted by atomic mass is 9.68. The molecule has 2 aromatic carbocycles. The third-order valence-corrected chi connectivity index (χ3v) is 6.50. The molecule has 1 aliphatic carbocycles. The third-order valence-electron chi connectivity index (χ3n) is 6.26. The van der Waals surface area contributed by atoms with Crippen LogP contribution in [0.3, 0.4) is 0 Å². The minimum absolute atomic E-state index is 0.0771. The Labute approximate surface area is 180 Å². The molecule has 0 spiro atoms. The Morgan fingerprint density at radius 3 is 2.37 bits per heavy atom. The van der Waals surface area contributed by atoms with E-state index in [1.807, 2.05) is 24.3 Å². The molecule has 156 valence electrons. The van der Waals surface area contributed by atoms with Crippen LogP contribution in [0.2, 0.25) is 5.02 Å². The number of nitrogens with one attached hydrogen (secondary N) is 3. The van der Waals surface area contributed by atoms with Gasteiger partial charge in [0.2, 0.25) is 5.91 Å².